The molecule has 0 radical (unpaired) electrons. The van der Waals surface area contributed by atoms with E-state index >= 15 is 0 Å². The van der Waals surface area contributed by atoms with Crippen molar-refractivity contribution in [1.82, 2.24) is 5.32 Å². The summed E-state index contributed by atoms with van der Waals surface area (Å²) in [5.74, 6) is -5.60. The number of ketones is 2. The fourth-order valence-corrected chi connectivity index (χ4v) is 10.1. The molecule has 8 atom stereocenters. The molecule has 10 nitrogen and oxygen atoms in total. The summed E-state index contributed by atoms with van der Waals surface area (Å²) in [6.45, 7) is 7.98. The van der Waals surface area contributed by atoms with E-state index in [2.05, 4.69) is 11.9 Å². The second-order valence-corrected chi connectivity index (χ2v) is 14.2. The lowest BCUT2D eigenvalue weighted by Crippen LogP contribution is -2.85. The van der Waals surface area contributed by atoms with Crippen molar-refractivity contribution in [2.24, 2.45) is 39.9 Å². The standard InChI is InChI=1S/C32H39NO9/c1-16-19-10-11-21-30-15-41-32(39,25(36)23(30)29(2,3)13-12-22(30)34)31(21,24(16)35)26(19)42-28(38)17-6-8-18(9-7-17)33-27(37)20-5-4-14-40-20/h4-5,14,17-19,21,23,25-26,36,39H,1,6-13,15H2,2-3H3,(H,33,37)/t17?,18?,19-,21-,23+,25-,26+,30+,31-,32+/m0/s1. The van der Waals surface area contributed by atoms with Crippen LogP contribution in [0, 0.1) is 39.9 Å². The monoisotopic (exact) mass is 581 g/mol. The summed E-state index contributed by atoms with van der Waals surface area (Å²) < 4.78 is 17.4. The first-order valence-corrected chi connectivity index (χ1v) is 15.3. The summed E-state index contributed by atoms with van der Waals surface area (Å²) in [5, 5.41) is 27.1. The normalized spacial score (nSPS) is 45.2. The summed E-state index contributed by atoms with van der Waals surface area (Å²) in [4.78, 5) is 54.2. The predicted octanol–water partition coefficient (Wildman–Crippen LogP) is 2.72. The van der Waals surface area contributed by atoms with Crippen molar-refractivity contribution in [3.8, 4) is 0 Å². The van der Waals surface area contributed by atoms with Crippen LogP contribution in [-0.4, -0.2) is 64.3 Å². The Hall–Kier alpha value is -2.82. The third kappa shape index (κ3) is 3.31. The van der Waals surface area contributed by atoms with Gasteiger partial charge in [-0.15, -0.1) is 0 Å². The molecule has 4 bridgehead atoms. The highest BCUT2D eigenvalue weighted by Gasteiger charge is 2.88. The van der Waals surface area contributed by atoms with Gasteiger partial charge in [-0.3, -0.25) is 19.2 Å². The van der Waals surface area contributed by atoms with Crippen LogP contribution in [0.1, 0.15) is 75.8 Å². The molecule has 5 saturated carbocycles. The molecule has 42 heavy (non-hydrogen) atoms. The average Bonchev–Trinajstić information content (AvgIpc) is 3.54. The first-order chi connectivity index (χ1) is 19.9. The molecule has 5 aliphatic carbocycles. The van der Waals surface area contributed by atoms with Crippen molar-refractivity contribution in [1.29, 1.82) is 0 Å². The first kappa shape index (κ1) is 28.0. The van der Waals surface area contributed by atoms with E-state index < -0.39 is 69.7 Å². The zero-order valence-electron chi connectivity index (χ0n) is 24.1. The van der Waals surface area contributed by atoms with Crippen LogP contribution in [0.5, 0.6) is 0 Å². The van der Waals surface area contributed by atoms with Gasteiger partial charge in [0, 0.05) is 24.3 Å². The number of hydrogen-bond donors (Lipinski definition) is 3. The molecule has 0 unspecified atom stereocenters. The number of carbonyl (C=O) groups excluding carboxylic acids is 4. The van der Waals surface area contributed by atoms with Gasteiger partial charge in [-0.05, 0) is 74.0 Å². The van der Waals surface area contributed by atoms with Gasteiger partial charge in [0.2, 0.25) is 5.79 Å². The molecular formula is C32H39NO9. The molecule has 0 aromatic carbocycles. The molecule has 7 fully saturated rings. The SMILES string of the molecule is C=C1C(=O)[C@]23[C@H](OC(=O)C4CCC(NC(=O)c5ccco5)CC4)[C@H]1CC[C@H]2[C@@]12CO[C@]3(O)[C@@H](O)[C@@H]1C(C)(C)CCC2=O. The van der Waals surface area contributed by atoms with E-state index in [1.807, 2.05) is 13.8 Å². The number of rotatable bonds is 4. The summed E-state index contributed by atoms with van der Waals surface area (Å²) in [6, 6.07) is 3.12. The van der Waals surface area contributed by atoms with Crippen molar-refractivity contribution < 1.29 is 43.3 Å². The number of aliphatic hydroxyl groups excluding tert-OH is 1. The van der Waals surface area contributed by atoms with E-state index in [-0.39, 0.29) is 35.7 Å². The molecule has 2 aliphatic heterocycles. The molecule has 7 aliphatic rings. The lowest BCUT2D eigenvalue weighted by molar-refractivity contribution is -0.437. The Morgan fingerprint density at radius 3 is 2.55 bits per heavy atom. The molecule has 2 saturated heterocycles. The van der Waals surface area contributed by atoms with Crippen LogP contribution in [0.2, 0.25) is 0 Å². The third-order valence-corrected chi connectivity index (χ3v) is 12.0. The quantitative estimate of drug-likeness (QED) is 0.360. The van der Waals surface area contributed by atoms with Gasteiger partial charge in [0.15, 0.2) is 11.5 Å². The van der Waals surface area contributed by atoms with Crippen LogP contribution < -0.4 is 5.32 Å². The number of fused-ring (bicyclic) bond motifs is 2. The van der Waals surface area contributed by atoms with Gasteiger partial charge in [0.25, 0.3) is 5.91 Å². The molecule has 1 amide bonds. The van der Waals surface area contributed by atoms with Crippen LogP contribution in [0.15, 0.2) is 35.0 Å². The van der Waals surface area contributed by atoms with Gasteiger partial charge in [-0.2, -0.15) is 0 Å². The number of nitrogens with one attached hydrogen (secondary N) is 1. The zero-order valence-corrected chi connectivity index (χ0v) is 24.1. The Labute approximate surface area is 244 Å². The van der Waals surface area contributed by atoms with Crippen LogP contribution in [-0.2, 0) is 23.9 Å². The highest BCUT2D eigenvalue weighted by atomic mass is 16.6. The minimum Gasteiger partial charge on any atom is -0.460 e. The van der Waals surface area contributed by atoms with Gasteiger partial charge in [0.05, 0.1) is 24.2 Å². The number of carbonyl (C=O) groups is 4. The van der Waals surface area contributed by atoms with Crippen molar-refractivity contribution in [3.63, 3.8) is 0 Å². The Bertz CT molecular complexity index is 1360. The molecule has 10 heteroatoms. The van der Waals surface area contributed by atoms with Crippen molar-refractivity contribution >= 4 is 23.4 Å². The smallest absolute Gasteiger partial charge is 0.309 e. The molecule has 2 spiro atoms. The Morgan fingerprint density at radius 2 is 1.86 bits per heavy atom. The van der Waals surface area contributed by atoms with Crippen LogP contribution in [0.4, 0.5) is 0 Å². The Morgan fingerprint density at radius 1 is 1.12 bits per heavy atom. The van der Waals surface area contributed by atoms with E-state index in [1.165, 1.54) is 6.26 Å². The third-order valence-electron chi connectivity index (χ3n) is 12.0. The topological polar surface area (TPSA) is 152 Å². The van der Waals surface area contributed by atoms with Gasteiger partial charge < -0.3 is 29.4 Å². The van der Waals surface area contributed by atoms with Crippen LogP contribution >= 0.6 is 0 Å². The molecule has 8 rings (SSSR count). The Kier molecular flexibility index (Phi) is 6.06. The number of Topliss-reactive ketones (excluding diaryl/α,β-unsaturated/α-hetero) is 2. The largest absolute Gasteiger partial charge is 0.460 e. The van der Waals surface area contributed by atoms with Gasteiger partial charge in [-0.1, -0.05) is 20.4 Å². The van der Waals surface area contributed by atoms with Gasteiger partial charge in [0.1, 0.15) is 23.4 Å². The highest BCUT2D eigenvalue weighted by Crippen LogP contribution is 2.76. The number of amides is 1. The first-order valence-electron chi connectivity index (χ1n) is 15.3. The summed E-state index contributed by atoms with van der Waals surface area (Å²) >= 11 is 0. The highest BCUT2D eigenvalue weighted by molar-refractivity contribution is 6.06. The number of esters is 1. The molecule has 3 heterocycles. The van der Waals surface area contributed by atoms with Crippen LogP contribution in [0.25, 0.3) is 0 Å². The Balaban J connectivity index is 1.17. The van der Waals surface area contributed by atoms with E-state index in [4.69, 9.17) is 13.9 Å². The predicted molar refractivity (Wildman–Crippen MR) is 145 cm³/mol. The summed E-state index contributed by atoms with van der Waals surface area (Å²) in [6.07, 6.45) is 2.77. The van der Waals surface area contributed by atoms with E-state index in [0.717, 1.165) is 0 Å². The lowest BCUT2D eigenvalue weighted by atomic mass is 9.36. The fourth-order valence-electron chi connectivity index (χ4n) is 10.1. The molecular weight excluding hydrogens is 542 g/mol. The van der Waals surface area contributed by atoms with E-state index in [1.54, 1.807) is 12.1 Å². The number of aliphatic hydroxyl groups is 2. The molecule has 3 N–H and O–H groups in total. The van der Waals surface area contributed by atoms with Crippen LogP contribution in [0.3, 0.4) is 0 Å². The lowest BCUT2D eigenvalue weighted by Gasteiger charge is -2.73. The van der Waals surface area contributed by atoms with E-state index in [9.17, 15) is 29.4 Å². The zero-order chi connectivity index (χ0) is 29.8. The minimum atomic E-state index is -2.31. The molecule has 1 aromatic rings. The van der Waals surface area contributed by atoms with Gasteiger partial charge >= 0.3 is 5.97 Å². The van der Waals surface area contributed by atoms with Crippen molar-refractivity contribution in [2.75, 3.05) is 6.61 Å². The van der Waals surface area contributed by atoms with Crippen molar-refractivity contribution in [3.05, 3.63) is 36.3 Å². The second kappa shape index (κ2) is 9.09. The van der Waals surface area contributed by atoms with E-state index in [0.29, 0.717) is 51.4 Å². The molecule has 226 valence electrons. The number of hydrogen-bond acceptors (Lipinski definition) is 9. The summed E-state index contributed by atoms with van der Waals surface area (Å²) in [5.41, 5.74) is -3.17. The maximum atomic E-state index is 14.2. The molecule has 1 aromatic heterocycles. The average molecular weight is 582 g/mol. The summed E-state index contributed by atoms with van der Waals surface area (Å²) in [7, 11) is 0. The fraction of sp³-hybridized carbons (Fsp3) is 0.688. The van der Waals surface area contributed by atoms with Crippen molar-refractivity contribution in [2.45, 2.75) is 89.3 Å². The number of furan rings is 1. The maximum absolute atomic E-state index is 14.2. The second-order valence-electron chi connectivity index (χ2n) is 14.2. The number of ether oxygens (including phenoxy) is 2. The minimum absolute atomic E-state index is 0.0549. The maximum Gasteiger partial charge on any atom is 0.309 e. The van der Waals surface area contributed by atoms with Gasteiger partial charge in [-0.25, -0.2) is 0 Å².